The van der Waals surface area contributed by atoms with Crippen molar-refractivity contribution in [2.75, 3.05) is 6.61 Å². The molecule has 0 amide bonds. The Morgan fingerprint density at radius 1 is 1.07 bits per heavy atom. The Hall–Kier alpha value is -3.24. The second-order valence-corrected chi connectivity index (χ2v) is 14.1. The molecular formula is C33H39NO9. The van der Waals surface area contributed by atoms with E-state index in [2.05, 4.69) is 11.9 Å². The van der Waals surface area contributed by atoms with Crippen LogP contribution in [-0.4, -0.2) is 51.6 Å². The van der Waals surface area contributed by atoms with Gasteiger partial charge in [0.25, 0.3) is 0 Å². The van der Waals surface area contributed by atoms with Crippen LogP contribution in [0, 0.1) is 34.5 Å². The molecule has 4 saturated carbocycles. The highest BCUT2D eigenvalue weighted by Gasteiger charge is 2.70. The maximum atomic E-state index is 13.4. The number of hydrogen-bond donors (Lipinski definition) is 2. The lowest BCUT2D eigenvalue weighted by Crippen LogP contribution is -2.71. The second-order valence-electron chi connectivity index (χ2n) is 14.1. The molecule has 4 aliphatic carbocycles. The van der Waals surface area contributed by atoms with Crippen molar-refractivity contribution < 1.29 is 38.4 Å². The van der Waals surface area contributed by atoms with Crippen LogP contribution in [0.5, 0.6) is 5.75 Å². The van der Waals surface area contributed by atoms with Gasteiger partial charge < -0.3 is 28.8 Å². The van der Waals surface area contributed by atoms with E-state index >= 15 is 0 Å². The number of hydrogen-bond acceptors (Lipinski definition) is 10. The quantitative estimate of drug-likeness (QED) is 0.472. The highest BCUT2D eigenvalue weighted by atomic mass is 16.6. The van der Waals surface area contributed by atoms with Crippen molar-refractivity contribution in [1.29, 1.82) is 0 Å². The zero-order chi connectivity index (χ0) is 30.3. The minimum atomic E-state index is -1.29. The summed E-state index contributed by atoms with van der Waals surface area (Å²) >= 11 is 0. The van der Waals surface area contributed by atoms with Crippen LogP contribution in [0.25, 0.3) is 11.3 Å². The van der Waals surface area contributed by atoms with Gasteiger partial charge in [0.05, 0.1) is 24.0 Å². The van der Waals surface area contributed by atoms with Gasteiger partial charge in [-0.05, 0) is 75.3 Å². The van der Waals surface area contributed by atoms with Crippen molar-refractivity contribution in [3.63, 3.8) is 0 Å². The monoisotopic (exact) mass is 593 g/mol. The third-order valence-corrected chi connectivity index (χ3v) is 11.2. The summed E-state index contributed by atoms with van der Waals surface area (Å²) in [6, 6.07) is 5.06. The van der Waals surface area contributed by atoms with Gasteiger partial charge in [0, 0.05) is 35.4 Å². The average molecular weight is 594 g/mol. The van der Waals surface area contributed by atoms with Gasteiger partial charge in [-0.15, -0.1) is 0 Å². The summed E-state index contributed by atoms with van der Waals surface area (Å²) in [4.78, 5) is 43.1. The Balaban J connectivity index is 1.27. The molecule has 4 fully saturated rings. The van der Waals surface area contributed by atoms with Gasteiger partial charge >= 0.3 is 17.6 Å². The van der Waals surface area contributed by atoms with E-state index in [9.17, 15) is 24.6 Å². The van der Waals surface area contributed by atoms with Crippen molar-refractivity contribution in [1.82, 2.24) is 4.98 Å². The number of aliphatic hydroxyl groups is 2. The molecule has 3 heterocycles. The first-order valence-electron chi connectivity index (χ1n) is 15.5. The van der Waals surface area contributed by atoms with Gasteiger partial charge in [0.15, 0.2) is 0 Å². The summed E-state index contributed by atoms with van der Waals surface area (Å²) in [6.45, 7) is 5.84. The van der Waals surface area contributed by atoms with E-state index in [0.29, 0.717) is 18.4 Å². The predicted octanol–water partition coefficient (Wildman–Crippen LogP) is 3.96. The van der Waals surface area contributed by atoms with Gasteiger partial charge in [-0.1, -0.05) is 13.8 Å². The molecule has 0 spiro atoms. The minimum Gasteiger partial charge on any atom is -0.484 e. The second kappa shape index (κ2) is 9.89. The summed E-state index contributed by atoms with van der Waals surface area (Å²) in [7, 11) is 0. The Kier molecular flexibility index (Phi) is 6.56. The molecule has 10 heteroatoms. The molecule has 43 heavy (non-hydrogen) atoms. The van der Waals surface area contributed by atoms with E-state index in [1.54, 1.807) is 37.5 Å². The summed E-state index contributed by atoms with van der Waals surface area (Å²) in [6.07, 6.45) is 4.89. The normalized spacial score (nSPS) is 38.1. The van der Waals surface area contributed by atoms with Gasteiger partial charge in [-0.25, -0.2) is 4.79 Å². The first-order chi connectivity index (χ1) is 20.5. The zero-order valence-corrected chi connectivity index (χ0v) is 24.8. The number of nitrogens with zero attached hydrogens (tertiary/aromatic N) is 1. The maximum absolute atomic E-state index is 13.4. The van der Waals surface area contributed by atoms with E-state index in [1.165, 1.54) is 0 Å². The molecule has 0 bridgehead atoms. The molecule has 1 aliphatic heterocycles. The lowest BCUT2D eigenvalue weighted by atomic mass is 9.42. The molecule has 0 radical (unpaired) electrons. The van der Waals surface area contributed by atoms with Crippen LogP contribution in [0.1, 0.15) is 77.4 Å². The number of fused-ring (bicyclic) bond motifs is 4. The van der Waals surface area contributed by atoms with Gasteiger partial charge in [-0.2, -0.15) is 0 Å². The van der Waals surface area contributed by atoms with Gasteiger partial charge in [0.2, 0.25) is 0 Å². The molecular weight excluding hydrogens is 554 g/mol. The molecule has 2 aromatic heterocycles. The van der Waals surface area contributed by atoms with Crippen LogP contribution in [-0.2, 0) is 19.1 Å². The predicted molar refractivity (Wildman–Crippen MR) is 152 cm³/mol. The largest absolute Gasteiger partial charge is 0.484 e. The minimum absolute atomic E-state index is 0.0216. The maximum Gasteiger partial charge on any atom is 0.345 e. The van der Waals surface area contributed by atoms with Gasteiger partial charge in [0.1, 0.15) is 35.4 Å². The molecule has 230 valence electrons. The van der Waals surface area contributed by atoms with Crippen molar-refractivity contribution in [3.8, 4) is 17.1 Å². The third-order valence-electron chi connectivity index (χ3n) is 11.2. The lowest BCUT2D eigenvalue weighted by molar-refractivity contribution is -0.267. The first-order valence-corrected chi connectivity index (χ1v) is 15.5. The average Bonchev–Trinajstić information content (AvgIpc) is 3.88. The molecule has 0 aromatic carbocycles. The van der Waals surface area contributed by atoms with Crippen molar-refractivity contribution in [2.24, 2.45) is 34.5 Å². The summed E-state index contributed by atoms with van der Waals surface area (Å²) in [5.41, 5.74) is -2.85. The highest BCUT2D eigenvalue weighted by Crippen LogP contribution is 2.67. The number of esters is 2. The van der Waals surface area contributed by atoms with E-state index in [-0.39, 0.29) is 59.8 Å². The zero-order valence-electron chi connectivity index (χ0n) is 24.8. The number of carbonyl (C=O) groups excluding carboxylic acids is 2. The van der Waals surface area contributed by atoms with Crippen LogP contribution in [0.3, 0.4) is 0 Å². The summed E-state index contributed by atoms with van der Waals surface area (Å²) < 4.78 is 24.2. The van der Waals surface area contributed by atoms with Crippen LogP contribution >= 0.6 is 0 Å². The van der Waals surface area contributed by atoms with Crippen LogP contribution < -0.4 is 10.4 Å². The Morgan fingerprint density at radius 3 is 2.47 bits per heavy atom. The number of pyridine rings is 1. The fourth-order valence-corrected chi connectivity index (χ4v) is 8.45. The number of aromatic nitrogens is 1. The fraction of sp³-hybridized carbons (Fsp3) is 0.636. The molecule has 0 saturated heterocycles. The van der Waals surface area contributed by atoms with Crippen LogP contribution in [0.2, 0.25) is 0 Å². The SMILES string of the molecule is CC12CCC(OC(=O)C3CC3)[C@@](C)(COC(=O)C3CC3)C1C[C@H](O)[C@@]1(C)Oc3cc(-c4cccnc4)oc(=O)c3[C@H](O)C21. The molecule has 4 unspecified atom stereocenters. The Labute approximate surface area is 249 Å². The number of ether oxygens (including phenoxy) is 3. The molecule has 2 aromatic rings. The Bertz CT molecular complexity index is 1500. The molecule has 7 rings (SSSR count). The van der Waals surface area contributed by atoms with Crippen molar-refractivity contribution in [3.05, 3.63) is 46.6 Å². The van der Waals surface area contributed by atoms with Crippen molar-refractivity contribution in [2.45, 2.75) is 89.6 Å². The lowest BCUT2D eigenvalue weighted by Gasteiger charge is -2.66. The topological polar surface area (TPSA) is 145 Å². The molecule has 5 aliphatic rings. The summed E-state index contributed by atoms with van der Waals surface area (Å²) in [5, 5.41) is 23.8. The van der Waals surface area contributed by atoms with Crippen molar-refractivity contribution >= 4 is 11.9 Å². The third kappa shape index (κ3) is 4.51. The first kappa shape index (κ1) is 28.5. The van der Waals surface area contributed by atoms with E-state index < -0.39 is 46.3 Å². The number of aliphatic hydroxyl groups excluding tert-OH is 2. The van der Waals surface area contributed by atoms with Crippen LogP contribution in [0.15, 0.2) is 39.8 Å². The van der Waals surface area contributed by atoms with E-state index in [1.807, 2.05) is 6.92 Å². The van der Waals surface area contributed by atoms with E-state index in [4.69, 9.17) is 18.6 Å². The Morgan fingerprint density at radius 2 is 1.79 bits per heavy atom. The standard InChI is InChI=1S/C33H39NO9/c1-31-11-10-24(42-29(38)18-8-9-18)32(2,16-40-28(37)17-6-7-17)22(31)14-23(35)33(3)27(31)26(36)25-21(43-33)13-20(41-30(25)39)19-5-4-12-34-15-19/h4-5,12-13,15,17-18,22-24,26-27,35-36H,6-11,14,16H2,1-3H3/t22?,23-,24?,26-,27?,31?,32-,33+/m0/s1. The highest BCUT2D eigenvalue weighted by molar-refractivity contribution is 5.75. The fourth-order valence-electron chi connectivity index (χ4n) is 8.45. The molecule has 10 nitrogen and oxygen atoms in total. The number of carbonyl (C=O) groups is 2. The van der Waals surface area contributed by atoms with Crippen LogP contribution in [0.4, 0.5) is 0 Å². The van der Waals surface area contributed by atoms with E-state index in [0.717, 1.165) is 25.7 Å². The number of rotatable bonds is 6. The summed E-state index contributed by atoms with van der Waals surface area (Å²) in [5.74, 6) is -1.26. The molecule has 8 atom stereocenters. The molecule has 2 N–H and O–H groups in total. The van der Waals surface area contributed by atoms with Gasteiger partial charge in [-0.3, -0.25) is 14.6 Å². The smallest absolute Gasteiger partial charge is 0.345 e.